The van der Waals surface area contributed by atoms with Crippen molar-refractivity contribution < 1.29 is 9.90 Å². The number of carbonyl (C=O) groups excluding carboxylic acids is 1. The van der Waals surface area contributed by atoms with E-state index in [4.69, 9.17) is 0 Å². The number of benzene rings is 1. The van der Waals surface area contributed by atoms with E-state index in [1.54, 1.807) is 5.57 Å². The van der Waals surface area contributed by atoms with Crippen molar-refractivity contribution in [3.8, 4) is 11.8 Å². The first-order valence-electron chi connectivity index (χ1n) is 16.3. The number of aliphatic hydroxyl groups is 1. The first-order valence-corrected chi connectivity index (χ1v) is 16.3. The molecule has 0 saturated heterocycles. The number of fused-ring (bicyclic) bond motifs is 4. The molecule has 0 aliphatic heterocycles. The molecule has 0 amide bonds. The molecule has 216 valence electrons. The molecule has 40 heavy (non-hydrogen) atoms. The molecule has 0 bridgehead atoms. The number of hydrogen-bond donors (Lipinski definition) is 1. The lowest BCUT2D eigenvalue weighted by molar-refractivity contribution is -0.114. The van der Waals surface area contributed by atoms with Crippen molar-refractivity contribution in [2.45, 2.75) is 122 Å². The summed E-state index contributed by atoms with van der Waals surface area (Å²) in [4.78, 5) is 14.7. The van der Waals surface area contributed by atoms with Gasteiger partial charge in [0, 0.05) is 37.0 Å². The molecular formula is C37H51NO2. The third kappa shape index (κ3) is 5.46. The van der Waals surface area contributed by atoms with Crippen LogP contribution in [0.1, 0.15) is 122 Å². The SMILES string of the molecule is CC#C[C@]1(O)CC[C@H]2[C@@H]3CCC4=CC(=O)CCC4=C3[C@@H](c3ccc(N(C)CCCCCCCCC)cc3)C[C@@]21C. The minimum absolute atomic E-state index is 0.228. The smallest absolute Gasteiger partial charge is 0.156 e. The van der Waals surface area contributed by atoms with Gasteiger partial charge in [-0.3, -0.25) is 4.79 Å². The molecule has 5 atom stereocenters. The summed E-state index contributed by atoms with van der Waals surface area (Å²) in [6.07, 6.45) is 17.6. The van der Waals surface area contributed by atoms with E-state index in [-0.39, 0.29) is 17.1 Å². The number of carbonyl (C=O) groups is 1. The second kappa shape index (κ2) is 12.3. The maximum Gasteiger partial charge on any atom is 0.156 e. The van der Waals surface area contributed by atoms with Gasteiger partial charge in [-0.2, -0.15) is 0 Å². The first-order chi connectivity index (χ1) is 19.3. The molecule has 0 aromatic heterocycles. The Morgan fingerprint density at radius 3 is 2.45 bits per heavy atom. The van der Waals surface area contributed by atoms with Gasteiger partial charge in [0.05, 0.1) is 0 Å². The summed E-state index contributed by atoms with van der Waals surface area (Å²) in [7, 11) is 2.22. The molecule has 0 spiro atoms. The topological polar surface area (TPSA) is 40.5 Å². The number of anilines is 1. The number of hydrogen-bond acceptors (Lipinski definition) is 3. The predicted octanol–water partition coefficient (Wildman–Crippen LogP) is 8.53. The van der Waals surface area contributed by atoms with Crippen LogP contribution < -0.4 is 4.90 Å². The lowest BCUT2D eigenvalue weighted by atomic mass is 9.51. The third-order valence-electron chi connectivity index (χ3n) is 11.1. The molecule has 0 heterocycles. The monoisotopic (exact) mass is 541 g/mol. The van der Waals surface area contributed by atoms with Gasteiger partial charge in [-0.25, -0.2) is 0 Å². The number of allylic oxidation sites excluding steroid dienone is 4. The van der Waals surface area contributed by atoms with E-state index in [9.17, 15) is 9.90 Å². The highest BCUT2D eigenvalue weighted by Gasteiger charge is 2.62. The normalized spacial score (nSPS) is 31.1. The van der Waals surface area contributed by atoms with Gasteiger partial charge in [-0.1, -0.05) is 76.0 Å². The van der Waals surface area contributed by atoms with Crippen LogP contribution in [0, 0.1) is 29.1 Å². The molecule has 3 nitrogen and oxygen atoms in total. The molecular weight excluding hydrogens is 490 g/mol. The maximum atomic E-state index is 12.3. The van der Waals surface area contributed by atoms with Gasteiger partial charge in [0.1, 0.15) is 5.60 Å². The van der Waals surface area contributed by atoms with E-state index in [0.29, 0.717) is 18.3 Å². The van der Waals surface area contributed by atoms with Gasteiger partial charge in [-0.15, -0.1) is 5.92 Å². The Balaban J connectivity index is 1.39. The minimum Gasteiger partial charge on any atom is -0.377 e. The number of nitrogens with zero attached hydrogens (tertiary/aromatic N) is 1. The quantitative estimate of drug-likeness (QED) is 0.238. The summed E-state index contributed by atoms with van der Waals surface area (Å²) >= 11 is 0. The molecule has 1 aromatic rings. The van der Waals surface area contributed by atoms with Gasteiger partial charge >= 0.3 is 0 Å². The molecule has 2 fully saturated rings. The summed E-state index contributed by atoms with van der Waals surface area (Å²) in [6, 6.07) is 9.31. The van der Waals surface area contributed by atoms with Crippen molar-refractivity contribution in [2.75, 3.05) is 18.5 Å². The van der Waals surface area contributed by atoms with E-state index < -0.39 is 5.60 Å². The molecule has 3 heteroatoms. The Labute approximate surface area is 243 Å². The van der Waals surface area contributed by atoms with Crippen molar-refractivity contribution in [1.29, 1.82) is 0 Å². The van der Waals surface area contributed by atoms with Crippen LogP contribution >= 0.6 is 0 Å². The Hall–Kier alpha value is -2.31. The second-order valence-corrected chi connectivity index (χ2v) is 13.4. The second-order valence-electron chi connectivity index (χ2n) is 13.4. The van der Waals surface area contributed by atoms with Gasteiger partial charge in [0.2, 0.25) is 0 Å². The maximum absolute atomic E-state index is 12.3. The zero-order valence-corrected chi connectivity index (χ0v) is 25.5. The third-order valence-corrected chi connectivity index (χ3v) is 11.1. The highest BCUT2D eigenvalue weighted by atomic mass is 16.3. The zero-order valence-electron chi connectivity index (χ0n) is 25.5. The fourth-order valence-electron chi connectivity index (χ4n) is 8.77. The van der Waals surface area contributed by atoms with Crippen LogP contribution in [0.2, 0.25) is 0 Å². The molecule has 1 aromatic carbocycles. The zero-order chi connectivity index (χ0) is 28.3. The summed E-state index contributed by atoms with van der Waals surface area (Å²) in [5, 5.41) is 11.9. The summed E-state index contributed by atoms with van der Waals surface area (Å²) in [6.45, 7) is 7.56. The minimum atomic E-state index is -0.920. The van der Waals surface area contributed by atoms with E-state index >= 15 is 0 Å². The van der Waals surface area contributed by atoms with Gasteiger partial charge in [0.15, 0.2) is 5.78 Å². The van der Waals surface area contributed by atoms with Crippen LogP contribution in [0.3, 0.4) is 0 Å². The van der Waals surface area contributed by atoms with Gasteiger partial charge in [-0.05, 0) is 98.6 Å². The Morgan fingerprint density at radius 2 is 1.73 bits per heavy atom. The average Bonchev–Trinajstić information content (AvgIpc) is 3.21. The fourth-order valence-corrected chi connectivity index (χ4v) is 8.77. The van der Waals surface area contributed by atoms with Crippen LogP contribution in [-0.2, 0) is 4.79 Å². The van der Waals surface area contributed by atoms with Crippen molar-refractivity contribution in [3.63, 3.8) is 0 Å². The van der Waals surface area contributed by atoms with E-state index in [2.05, 4.69) is 61.9 Å². The summed E-state index contributed by atoms with van der Waals surface area (Å²) in [5.74, 6) is 7.83. The molecule has 0 unspecified atom stereocenters. The van der Waals surface area contributed by atoms with E-state index in [0.717, 1.165) is 45.1 Å². The van der Waals surface area contributed by atoms with Crippen LogP contribution in [0.5, 0.6) is 0 Å². The lowest BCUT2D eigenvalue weighted by Crippen LogP contribution is -2.51. The summed E-state index contributed by atoms with van der Waals surface area (Å²) in [5.41, 5.74) is 5.85. The molecule has 4 aliphatic carbocycles. The highest BCUT2D eigenvalue weighted by Crippen LogP contribution is 2.66. The standard InChI is InChI=1S/C37H51NO2/c1-5-7-8-9-10-11-12-24-38(4)29-16-13-27(14-17-29)33-26-36(3)34(21-23-37(36,40)22-6-2)32-19-15-28-25-30(39)18-20-31(28)35(32)33/h13-14,16-17,25,32-34,40H,5,7-12,15,18-21,23-24,26H2,1-4H3/t32-,33+,34-,36-,37-/m0/s1. The molecule has 0 radical (unpaired) electrons. The largest absolute Gasteiger partial charge is 0.377 e. The lowest BCUT2D eigenvalue weighted by Gasteiger charge is -2.53. The van der Waals surface area contributed by atoms with Crippen molar-refractivity contribution >= 4 is 11.5 Å². The predicted molar refractivity (Wildman–Crippen MR) is 166 cm³/mol. The van der Waals surface area contributed by atoms with Crippen LogP contribution in [-0.4, -0.2) is 30.1 Å². The van der Waals surface area contributed by atoms with Gasteiger partial charge in [0.25, 0.3) is 0 Å². The van der Waals surface area contributed by atoms with Crippen LogP contribution in [0.15, 0.2) is 47.1 Å². The Morgan fingerprint density at radius 1 is 1.00 bits per heavy atom. The molecule has 4 aliphatic rings. The number of ketones is 1. The van der Waals surface area contributed by atoms with Gasteiger partial charge < -0.3 is 10.0 Å². The van der Waals surface area contributed by atoms with Crippen molar-refractivity contribution in [3.05, 3.63) is 52.6 Å². The molecule has 5 rings (SSSR count). The van der Waals surface area contributed by atoms with Crippen LogP contribution in [0.25, 0.3) is 0 Å². The number of unbranched alkanes of at least 4 members (excludes halogenated alkanes) is 6. The van der Waals surface area contributed by atoms with Crippen molar-refractivity contribution in [1.82, 2.24) is 0 Å². The number of rotatable bonds is 10. The van der Waals surface area contributed by atoms with E-state index in [1.807, 2.05) is 13.0 Å². The Kier molecular flexibility index (Phi) is 8.96. The average molecular weight is 542 g/mol. The Bertz CT molecular complexity index is 1200. The van der Waals surface area contributed by atoms with Crippen LogP contribution in [0.4, 0.5) is 5.69 Å². The van der Waals surface area contributed by atoms with Crippen molar-refractivity contribution in [2.24, 2.45) is 17.3 Å². The molecule has 2 saturated carbocycles. The van der Waals surface area contributed by atoms with E-state index in [1.165, 1.54) is 67.3 Å². The fraction of sp³-hybridized carbons (Fsp3) is 0.649. The first kappa shape index (κ1) is 29.2. The summed E-state index contributed by atoms with van der Waals surface area (Å²) < 4.78 is 0. The molecule has 1 N–H and O–H groups in total. The highest BCUT2D eigenvalue weighted by molar-refractivity contribution is 5.93.